The number of hydrogen-bond acceptors (Lipinski definition) is 3. The van der Waals surface area contributed by atoms with Crippen LogP contribution in [0, 0.1) is 5.82 Å². The van der Waals surface area contributed by atoms with Crippen LogP contribution in [0.2, 0.25) is 0 Å². The summed E-state index contributed by atoms with van der Waals surface area (Å²) in [6.07, 6.45) is 4.01. The minimum atomic E-state index is -0.170. The number of rotatable bonds is 4. The van der Waals surface area contributed by atoms with Crippen molar-refractivity contribution in [3.63, 3.8) is 0 Å². The molecule has 1 unspecified atom stereocenters. The highest BCUT2D eigenvalue weighted by Crippen LogP contribution is 2.24. The molecular weight excluding hydrogens is 267 g/mol. The Morgan fingerprint density at radius 3 is 3.10 bits per heavy atom. The van der Waals surface area contributed by atoms with Gasteiger partial charge in [0.1, 0.15) is 5.82 Å². The molecule has 0 radical (unpaired) electrons. The van der Waals surface area contributed by atoms with Gasteiger partial charge in [-0.15, -0.1) is 0 Å². The standard InChI is InChI=1S/C16H21FN4/c1-2-21-12-13(9-19-21)11-20-7-6-18-10-16(20)14-4-3-5-15(17)8-14/h3-5,8-9,12,16,18H,2,6-7,10-11H2,1H3. The van der Waals surface area contributed by atoms with E-state index in [1.165, 1.54) is 11.6 Å². The second-order valence-corrected chi connectivity index (χ2v) is 5.45. The molecule has 0 aliphatic carbocycles. The number of halogens is 1. The molecule has 1 atom stereocenters. The third kappa shape index (κ3) is 3.31. The van der Waals surface area contributed by atoms with Crippen LogP contribution in [0.3, 0.4) is 0 Å². The van der Waals surface area contributed by atoms with Gasteiger partial charge in [0.25, 0.3) is 0 Å². The number of aryl methyl sites for hydroxylation is 1. The van der Waals surface area contributed by atoms with Crippen molar-refractivity contribution in [3.05, 3.63) is 53.6 Å². The highest BCUT2D eigenvalue weighted by molar-refractivity contribution is 5.21. The molecule has 0 saturated carbocycles. The van der Waals surface area contributed by atoms with E-state index in [1.807, 2.05) is 16.9 Å². The fourth-order valence-corrected chi connectivity index (χ4v) is 2.87. The van der Waals surface area contributed by atoms with Crippen molar-refractivity contribution in [3.8, 4) is 0 Å². The summed E-state index contributed by atoms with van der Waals surface area (Å²) in [5.41, 5.74) is 2.24. The Hall–Kier alpha value is -1.72. The van der Waals surface area contributed by atoms with Gasteiger partial charge in [0.05, 0.1) is 6.20 Å². The fraction of sp³-hybridized carbons (Fsp3) is 0.438. The summed E-state index contributed by atoms with van der Waals surface area (Å²) in [6.45, 7) is 6.59. The largest absolute Gasteiger partial charge is 0.314 e. The Morgan fingerprint density at radius 2 is 2.33 bits per heavy atom. The van der Waals surface area contributed by atoms with E-state index in [2.05, 4.69) is 28.4 Å². The van der Waals surface area contributed by atoms with Crippen LogP contribution < -0.4 is 5.32 Å². The number of piperazine rings is 1. The van der Waals surface area contributed by atoms with Gasteiger partial charge in [-0.3, -0.25) is 9.58 Å². The average Bonchev–Trinajstić information content (AvgIpc) is 2.95. The molecule has 1 fully saturated rings. The number of hydrogen-bond donors (Lipinski definition) is 1. The van der Waals surface area contributed by atoms with Crippen LogP contribution in [0.15, 0.2) is 36.7 Å². The van der Waals surface area contributed by atoms with Crippen molar-refractivity contribution in [2.75, 3.05) is 19.6 Å². The lowest BCUT2D eigenvalue weighted by molar-refractivity contribution is 0.153. The first-order chi connectivity index (χ1) is 10.3. The van der Waals surface area contributed by atoms with E-state index in [9.17, 15) is 4.39 Å². The molecule has 21 heavy (non-hydrogen) atoms. The first-order valence-corrected chi connectivity index (χ1v) is 7.48. The maximum absolute atomic E-state index is 13.5. The van der Waals surface area contributed by atoms with Gasteiger partial charge in [-0.25, -0.2) is 4.39 Å². The van der Waals surface area contributed by atoms with E-state index in [0.29, 0.717) is 0 Å². The average molecular weight is 288 g/mol. The second kappa shape index (κ2) is 6.37. The van der Waals surface area contributed by atoms with Gasteiger partial charge < -0.3 is 5.32 Å². The van der Waals surface area contributed by atoms with Gasteiger partial charge >= 0.3 is 0 Å². The van der Waals surface area contributed by atoms with Crippen LogP contribution in [0.25, 0.3) is 0 Å². The second-order valence-electron chi connectivity index (χ2n) is 5.45. The number of benzene rings is 1. The highest BCUT2D eigenvalue weighted by Gasteiger charge is 2.24. The molecule has 1 N–H and O–H groups in total. The molecule has 1 aromatic carbocycles. The molecule has 3 rings (SSSR count). The molecular formula is C16H21FN4. The summed E-state index contributed by atoms with van der Waals surface area (Å²) in [4.78, 5) is 2.39. The van der Waals surface area contributed by atoms with Crippen molar-refractivity contribution in [2.24, 2.45) is 0 Å². The molecule has 4 nitrogen and oxygen atoms in total. The normalized spacial score (nSPS) is 19.8. The SMILES string of the molecule is CCn1cc(CN2CCNCC2c2cccc(F)c2)cn1. The summed E-state index contributed by atoms with van der Waals surface area (Å²) in [5.74, 6) is -0.170. The van der Waals surface area contributed by atoms with Gasteiger partial charge in [0.15, 0.2) is 0 Å². The van der Waals surface area contributed by atoms with Crippen LogP contribution >= 0.6 is 0 Å². The molecule has 0 bridgehead atoms. The predicted molar refractivity (Wildman–Crippen MR) is 80.3 cm³/mol. The molecule has 1 aromatic heterocycles. The summed E-state index contributed by atoms with van der Waals surface area (Å²) in [7, 11) is 0. The third-order valence-electron chi connectivity index (χ3n) is 3.98. The van der Waals surface area contributed by atoms with Crippen molar-refractivity contribution >= 4 is 0 Å². The molecule has 2 heterocycles. The maximum Gasteiger partial charge on any atom is 0.123 e. The van der Waals surface area contributed by atoms with Gasteiger partial charge in [-0.05, 0) is 24.6 Å². The van der Waals surface area contributed by atoms with E-state index in [-0.39, 0.29) is 11.9 Å². The van der Waals surface area contributed by atoms with Gasteiger partial charge in [0, 0.05) is 50.5 Å². The summed E-state index contributed by atoms with van der Waals surface area (Å²) in [6, 6.07) is 7.13. The molecule has 1 aliphatic rings. The van der Waals surface area contributed by atoms with Crippen molar-refractivity contribution in [2.45, 2.75) is 26.1 Å². The molecule has 2 aromatic rings. The van der Waals surface area contributed by atoms with Gasteiger partial charge in [0.2, 0.25) is 0 Å². The summed E-state index contributed by atoms with van der Waals surface area (Å²) < 4.78 is 15.4. The predicted octanol–water partition coefficient (Wildman–Crippen LogP) is 2.19. The molecule has 0 amide bonds. The smallest absolute Gasteiger partial charge is 0.123 e. The summed E-state index contributed by atoms with van der Waals surface area (Å²) in [5, 5.41) is 7.73. The fourth-order valence-electron chi connectivity index (χ4n) is 2.87. The van der Waals surface area contributed by atoms with Crippen molar-refractivity contribution in [1.82, 2.24) is 20.0 Å². The van der Waals surface area contributed by atoms with Crippen LogP contribution in [-0.4, -0.2) is 34.3 Å². The quantitative estimate of drug-likeness (QED) is 0.936. The van der Waals surface area contributed by atoms with Crippen molar-refractivity contribution in [1.29, 1.82) is 0 Å². The van der Waals surface area contributed by atoms with Crippen LogP contribution in [0.5, 0.6) is 0 Å². The Labute approximate surface area is 124 Å². The Bertz CT molecular complexity index is 595. The van der Waals surface area contributed by atoms with Crippen molar-refractivity contribution < 1.29 is 4.39 Å². The maximum atomic E-state index is 13.5. The molecule has 0 spiro atoms. The van der Waals surface area contributed by atoms with E-state index in [4.69, 9.17) is 0 Å². The van der Waals surface area contributed by atoms with Crippen LogP contribution in [-0.2, 0) is 13.1 Å². The lowest BCUT2D eigenvalue weighted by Gasteiger charge is -2.36. The molecule has 112 valence electrons. The lowest BCUT2D eigenvalue weighted by atomic mass is 10.0. The highest BCUT2D eigenvalue weighted by atomic mass is 19.1. The molecule has 5 heteroatoms. The minimum Gasteiger partial charge on any atom is -0.314 e. The molecule has 1 saturated heterocycles. The Kier molecular flexibility index (Phi) is 4.31. The third-order valence-corrected chi connectivity index (χ3v) is 3.98. The first-order valence-electron chi connectivity index (χ1n) is 7.48. The monoisotopic (exact) mass is 288 g/mol. The number of nitrogens with zero attached hydrogens (tertiary/aromatic N) is 3. The lowest BCUT2D eigenvalue weighted by Crippen LogP contribution is -2.45. The summed E-state index contributed by atoms with van der Waals surface area (Å²) >= 11 is 0. The zero-order valence-electron chi connectivity index (χ0n) is 12.3. The topological polar surface area (TPSA) is 33.1 Å². The zero-order valence-corrected chi connectivity index (χ0v) is 12.3. The molecule has 1 aliphatic heterocycles. The zero-order chi connectivity index (χ0) is 14.7. The minimum absolute atomic E-state index is 0.170. The Balaban J connectivity index is 1.78. The van der Waals surface area contributed by atoms with Gasteiger partial charge in [-0.1, -0.05) is 12.1 Å². The first kappa shape index (κ1) is 14.2. The van der Waals surface area contributed by atoms with E-state index >= 15 is 0 Å². The van der Waals surface area contributed by atoms with Crippen LogP contribution in [0.4, 0.5) is 4.39 Å². The van der Waals surface area contributed by atoms with Crippen LogP contribution in [0.1, 0.15) is 24.1 Å². The Morgan fingerprint density at radius 1 is 1.43 bits per heavy atom. The van der Waals surface area contributed by atoms with E-state index in [0.717, 1.165) is 38.3 Å². The van der Waals surface area contributed by atoms with Gasteiger partial charge in [-0.2, -0.15) is 5.10 Å². The van der Waals surface area contributed by atoms with E-state index in [1.54, 1.807) is 12.1 Å². The number of aromatic nitrogens is 2. The van der Waals surface area contributed by atoms with E-state index < -0.39 is 0 Å². The number of nitrogens with one attached hydrogen (secondary N) is 1.